The predicted molar refractivity (Wildman–Crippen MR) is 224 cm³/mol. The van der Waals surface area contributed by atoms with Gasteiger partial charge in [0, 0.05) is 32.1 Å². The molecule has 3 atom stereocenters. The third kappa shape index (κ3) is 12.4. The number of fused-ring (bicyclic) bond motifs is 2. The molecule has 12 nitrogen and oxygen atoms in total. The van der Waals surface area contributed by atoms with Gasteiger partial charge in [-0.25, -0.2) is 14.4 Å². The van der Waals surface area contributed by atoms with Crippen LogP contribution in [0.4, 0.5) is 15.3 Å². The first-order chi connectivity index (χ1) is 26.1. The summed E-state index contributed by atoms with van der Waals surface area (Å²) in [4.78, 5) is 58.2. The maximum Gasteiger partial charge on any atom is 0.414 e. The van der Waals surface area contributed by atoms with Crippen LogP contribution < -0.4 is 9.33 Å². The van der Waals surface area contributed by atoms with Gasteiger partial charge in [-0.15, -0.1) is 0 Å². The Bertz CT molecular complexity index is 1720. The second-order valence-corrected chi connectivity index (χ2v) is 24.4. The Morgan fingerprint density at radius 1 is 0.947 bits per heavy atom. The van der Waals surface area contributed by atoms with E-state index in [4.69, 9.17) is 28.1 Å². The molecule has 1 aromatic carbocycles. The van der Waals surface area contributed by atoms with Gasteiger partial charge in [0.25, 0.3) is 8.32 Å². The van der Waals surface area contributed by atoms with Crippen molar-refractivity contribution >= 4 is 44.0 Å². The number of Topliss-reactive ketones (excluding diaryl/α,β-unsaturated/α-hetero) is 1. The number of ether oxygens (including phenoxy) is 5. The number of carbonyl (C=O) groups is 4. The molecule has 3 aliphatic heterocycles. The number of nitrogens with zero attached hydrogens (tertiary/aromatic N) is 2. The second-order valence-electron chi connectivity index (χ2n) is 19.7. The van der Waals surface area contributed by atoms with Gasteiger partial charge in [0.15, 0.2) is 11.6 Å². The molecule has 0 radical (unpaired) electrons. The number of rotatable bonds is 5. The summed E-state index contributed by atoms with van der Waals surface area (Å²) in [5, 5.41) is -0.231. The maximum atomic E-state index is 14.4. The zero-order valence-corrected chi connectivity index (χ0v) is 38.1. The van der Waals surface area contributed by atoms with E-state index in [9.17, 15) is 19.2 Å². The van der Waals surface area contributed by atoms with Crippen LogP contribution in [0.15, 0.2) is 29.9 Å². The van der Waals surface area contributed by atoms with Crippen LogP contribution in [0.1, 0.15) is 132 Å². The Hall–Kier alpha value is -3.68. The SMILES string of the molecule is CC1=CCC(=O)[C@H]2OC(C)(C)O[C@H]2CC=Cc2cc(N(CC3CCN(C(=O)OC(C)(C)C)CC3)C(=O)OC(C)(C)C)cc(O[Si](C)(C)C(C)(C)C)c2C(=O)O[C@H]1C. The lowest BCUT2D eigenvalue weighted by atomic mass is 9.95. The molecule has 0 N–H and O–H groups in total. The van der Waals surface area contributed by atoms with Crippen LogP contribution in [-0.4, -0.2) is 92.1 Å². The number of benzene rings is 1. The quantitative estimate of drug-likeness (QED) is 0.123. The van der Waals surface area contributed by atoms with Crippen LogP contribution in [0.5, 0.6) is 5.75 Å². The van der Waals surface area contributed by atoms with Crippen molar-refractivity contribution in [3.63, 3.8) is 0 Å². The number of cyclic esters (lactones) is 1. The molecule has 0 aromatic heterocycles. The molecule has 57 heavy (non-hydrogen) atoms. The summed E-state index contributed by atoms with van der Waals surface area (Å²) in [7, 11) is -2.59. The molecule has 318 valence electrons. The van der Waals surface area contributed by atoms with Crippen molar-refractivity contribution in [1.29, 1.82) is 0 Å². The van der Waals surface area contributed by atoms with Crippen LogP contribution in [-0.2, 0) is 28.5 Å². The lowest BCUT2D eigenvalue weighted by molar-refractivity contribution is -0.154. The van der Waals surface area contributed by atoms with Crippen LogP contribution >= 0.6 is 0 Å². The van der Waals surface area contributed by atoms with E-state index in [1.165, 1.54) is 0 Å². The van der Waals surface area contributed by atoms with E-state index in [2.05, 4.69) is 33.9 Å². The number of hydrogen-bond donors (Lipinski definition) is 0. The van der Waals surface area contributed by atoms with Crippen molar-refractivity contribution in [2.75, 3.05) is 24.5 Å². The Morgan fingerprint density at radius 2 is 1.56 bits per heavy atom. The average Bonchev–Trinajstić information content (AvgIpc) is 3.37. The predicted octanol–water partition coefficient (Wildman–Crippen LogP) is 9.85. The van der Waals surface area contributed by atoms with Crippen molar-refractivity contribution in [2.24, 2.45) is 5.92 Å². The molecule has 2 fully saturated rings. The van der Waals surface area contributed by atoms with Gasteiger partial charge >= 0.3 is 18.2 Å². The molecule has 4 rings (SSSR count). The lowest BCUT2D eigenvalue weighted by Gasteiger charge is -2.38. The normalized spacial score (nSPS) is 22.8. The number of hydrogen-bond acceptors (Lipinski definition) is 10. The van der Waals surface area contributed by atoms with E-state index < -0.39 is 55.7 Å². The number of allylic oxidation sites excluding steroid dienone is 1. The number of amides is 2. The molecular formula is C44H68N2O10Si. The summed E-state index contributed by atoms with van der Waals surface area (Å²) in [6.07, 6.45) is 4.30. The van der Waals surface area contributed by atoms with Crippen molar-refractivity contribution in [3.8, 4) is 5.75 Å². The van der Waals surface area contributed by atoms with Crippen molar-refractivity contribution in [1.82, 2.24) is 4.90 Å². The molecule has 2 amide bonds. The molecular weight excluding hydrogens is 745 g/mol. The number of carbonyl (C=O) groups excluding carboxylic acids is 4. The van der Waals surface area contributed by atoms with Crippen LogP contribution in [0, 0.1) is 5.92 Å². The molecule has 13 heteroatoms. The lowest BCUT2D eigenvalue weighted by Crippen LogP contribution is -2.46. The number of anilines is 1. The van der Waals surface area contributed by atoms with Crippen molar-refractivity contribution < 1.29 is 47.3 Å². The minimum atomic E-state index is -2.59. The van der Waals surface area contributed by atoms with Crippen molar-refractivity contribution in [2.45, 2.75) is 169 Å². The highest BCUT2D eigenvalue weighted by Crippen LogP contribution is 2.42. The molecule has 0 aliphatic carbocycles. The Balaban J connectivity index is 1.86. The number of piperidine rings is 1. The van der Waals surface area contributed by atoms with Gasteiger partial charge in [-0.05, 0) is 130 Å². The molecule has 3 aliphatic rings. The van der Waals surface area contributed by atoms with Crippen molar-refractivity contribution in [3.05, 3.63) is 41.0 Å². The topological polar surface area (TPSA) is 130 Å². The number of ketones is 1. The third-order valence-corrected chi connectivity index (χ3v) is 15.2. The van der Waals surface area contributed by atoms with Gasteiger partial charge in [-0.1, -0.05) is 39.0 Å². The number of likely N-dealkylation sites (tertiary alicyclic amines) is 1. The van der Waals surface area contributed by atoms with Gasteiger partial charge in [0.1, 0.15) is 34.7 Å². The maximum absolute atomic E-state index is 14.4. The average molecular weight is 813 g/mol. The summed E-state index contributed by atoms with van der Waals surface area (Å²) in [6.45, 7) is 30.0. The Labute approximate surface area is 341 Å². The fraction of sp³-hybridized carbons (Fsp3) is 0.682. The molecule has 1 aromatic rings. The smallest absolute Gasteiger partial charge is 0.414 e. The molecule has 2 saturated heterocycles. The highest BCUT2D eigenvalue weighted by atomic mass is 28.4. The van der Waals surface area contributed by atoms with Crippen LogP contribution in [0.3, 0.4) is 0 Å². The Morgan fingerprint density at radius 3 is 2.14 bits per heavy atom. The third-order valence-electron chi connectivity index (χ3n) is 10.8. The Kier molecular flexibility index (Phi) is 13.9. The molecule has 0 saturated carbocycles. The summed E-state index contributed by atoms with van der Waals surface area (Å²) < 4.78 is 37.0. The van der Waals surface area contributed by atoms with E-state index in [0.29, 0.717) is 55.9 Å². The first-order valence-electron chi connectivity index (χ1n) is 20.3. The fourth-order valence-electron chi connectivity index (χ4n) is 6.59. The van der Waals surface area contributed by atoms with E-state index in [0.717, 1.165) is 5.57 Å². The summed E-state index contributed by atoms with van der Waals surface area (Å²) >= 11 is 0. The van der Waals surface area contributed by atoms with Crippen LogP contribution in [0.25, 0.3) is 6.08 Å². The highest BCUT2D eigenvalue weighted by Gasteiger charge is 2.44. The zero-order chi connectivity index (χ0) is 42.9. The largest absolute Gasteiger partial charge is 0.543 e. The molecule has 0 bridgehead atoms. The monoisotopic (exact) mass is 812 g/mol. The number of esters is 1. The second kappa shape index (κ2) is 17.3. The van der Waals surface area contributed by atoms with Gasteiger partial charge < -0.3 is 33.0 Å². The standard InChI is InChI=1S/C44H68N2O10Si/c1-28-19-20-33(47)37-34(52-44(12,13)53-37)18-16-17-31-25-32(26-35(36(31)38(48)51-29(28)2)56-57(14,15)43(9,10)11)46(40(50)55-42(6,7)8)27-30-21-23-45(24-22-30)39(49)54-41(3,4)5/h16-17,19,25-26,29-30,34,37H,18,20-24,27H2,1-15H3/t29-,34-,37+/m0/s1. The summed E-state index contributed by atoms with van der Waals surface area (Å²) in [6, 6.07) is 3.55. The molecule has 0 unspecified atom stereocenters. The van der Waals surface area contributed by atoms with Gasteiger partial charge in [-0.2, -0.15) is 0 Å². The molecule has 0 spiro atoms. The zero-order valence-electron chi connectivity index (χ0n) is 37.1. The fourth-order valence-corrected chi connectivity index (χ4v) is 7.60. The van der Waals surface area contributed by atoms with E-state index in [1.807, 2.05) is 54.5 Å². The molecule has 3 heterocycles. The first-order valence-corrected chi connectivity index (χ1v) is 23.2. The minimum Gasteiger partial charge on any atom is -0.543 e. The van der Waals surface area contributed by atoms with Gasteiger partial charge in [-0.3, -0.25) is 9.69 Å². The minimum absolute atomic E-state index is 0.0306. The summed E-state index contributed by atoms with van der Waals surface area (Å²) in [5.41, 5.74) is 0.531. The van der Waals surface area contributed by atoms with E-state index in [-0.39, 0.29) is 34.8 Å². The van der Waals surface area contributed by atoms with Crippen LogP contribution in [0.2, 0.25) is 18.1 Å². The highest BCUT2D eigenvalue weighted by molar-refractivity contribution is 6.74. The van der Waals surface area contributed by atoms with Gasteiger partial charge in [0.05, 0.1) is 11.8 Å². The van der Waals surface area contributed by atoms with Gasteiger partial charge in [0.2, 0.25) is 0 Å². The van der Waals surface area contributed by atoms with E-state index >= 15 is 0 Å². The van der Waals surface area contributed by atoms with E-state index in [1.54, 1.807) is 54.9 Å². The first kappa shape index (κ1) is 46.0. The summed E-state index contributed by atoms with van der Waals surface area (Å²) in [5.74, 6) is -1.32.